The van der Waals surface area contributed by atoms with Crippen LogP contribution in [-0.2, 0) is 6.42 Å². The van der Waals surface area contributed by atoms with Gasteiger partial charge < -0.3 is 10.5 Å². The first-order valence-corrected chi connectivity index (χ1v) is 6.71. The summed E-state index contributed by atoms with van der Waals surface area (Å²) in [5.74, 6) is 1.69. The van der Waals surface area contributed by atoms with Crippen LogP contribution in [0.3, 0.4) is 0 Å². The van der Waals surface area contributed by atoms with Crippen molar-refractivity contribution in [3.05, 3.63) is 27.2 Å². The van der Waals surface area contributed by atoms with Gasteiger partial charge in [0.2, 0.25) is 0 Å². The van der Waals surface area contributed by atoms with Gasteiger partial charge in [0.15, 0.2) is 0 Å². The van der Waals surface area contributed by atoms with Gasteiger partial charge in [0.05, 0.1) is 6.61 Å². The Morgan fingerprint density at radius 2 is 2.19 bits per heavy atom. The van der Waals surface area contributed by atoms with Crippen LogP contribution in [0, 0.1) is 0 Å². The van der Waals surface area contributed by atoms with E-state index in [0.29, 0.717) is 5.92 Å². The topological polar surface area (TPSA) is 35.2 Å². The Kier molecular flexibility index (Phi) is 2.48. The summed E-state index contributed by atoms with van der Waals surface area (Å²) >= 11 is 3.67. The molecule has 0 fully saturated rings. The maximum absolute atomic E-state index is 6.22. The number of halogens is 1. The minimum Gasteiger partial charge on any atom is -0.493 e. The highest BCUT2D eigenvalue weighted by Crippen LogP contribution is 2.47. The Labute approximate surface area is 104 Å². The standard InChI is InChI=1S/C13H16BrNO/c1-7-2-3-10(15)12-9(14)6-8-4-5-16-13(8)11(7)12/h6-7,10H,2-5,15H2,1H3/t7?,10-/m0/s1. The first-order valence-electron chi connectivity index (χ1n) is 5.92. The third-order valence-corrected chi connectivity index (χ3v) is 4.43. The lowest BCUT2D eigenvalue weighted by molar-refractivity contribution is 0.346. The molecule has 16 heavy (non-hydrogen) atoms. The summed E-state index contributed by atoms with van der Waals surface area (Å²) in [6.45, 7) is 3.10. The zero-order valence-electron chi connectivity index (χ0n) is 9.42. The molecule has 1 heterocycles. The van der Waals surface area contributed by atoms with E-state index in [9.17, 15) is 0 Å². The molecule has 86 valence electrons. The molecule has 0 saturated heterocycles. The van der Waals surface area contributed by atoms with Crippen LogP contribution in [0.1, 0.15) is 48.4 Å². The van der Waals surface area contributed by atoms with E-state index in [1.807, 2.05) is 0 Å². The van der Waals surface area contributed by atoms with Crippen LogP contribution in [0.4, 0.5) is 0 Å². The van der Waals surface area contributed by atoms with E-state index in [-0.39, 0.29) is 6.04 Å². The molecule has 0 spiro atoms. The molecule has 2 atom stereocenters. The molecule has 3 heteroatoms. The number of hydrogen-bond donors (Lipinski definition) is 1. The smallest absolute Gasteiger partial charge is 0.126 e. The molecular weight excluding hydrogens is 266 g/mol. The quantitative estimate of drug-likeness (QED) is 0.792. The summed E-state index contributed by atoms with van der Waals surface area (Å²) in [5.41, 5.74) is 10.2. The molecule has 1 aliphatic heterocycles. The van der Waals surface area contributed by atoms with Gasteiger partial charge >= 0.3 is 0 Å². The highest BCUT2D eigenvalue weighted by Gasteiger charge is 2.31. The number of benzene rings is 1. The molecule has 2 aliphatic rings. The van der Waals surface area contributed by atoms with Gasteiger partial charge in [-0.15, -0.1) is 0 Å². The average molecular weight is 282 g/mol. The van der Waals surface area contributed by atoms with Crippen molar-refractivity contribution in [2.45, 2.75) is 38.1 Å². The average Bonchev–Trinajstić information content (AvgIpc) is 2.70. The van der Waals surface area contributed by atoms with Crippen LogP contribution in [0.25, 0.3) is 0 Å². The second-order valence-electron chi connectivity index (χ2n) is 4.86. The first-order chi connectivity index (χ1) is 7.68. The Morgan fingerprint density at radius 3 is 3.00 bits per heavy atom. The second-order valence-corrected chi connectivity index (χ2v) is 5.71. The van der Waals surface area contributed by atoms with E-state index in [2.05, 4.69) is 28.9 Å². The molecule has 2 N–H and O–H groups in total. The summed E-state index contributed by atoms with van der Waals surface area (Å²) < 4.78 is 6.97. The minimum atomic E-state index is 0.162. The van der Waals surface area contributed by atoms with Crippen LogP contribution in [-0.4, -0.2) is 6.61 Å². The highest BCUT2D eigenvalue weighted by molar-refractivity contribution is 9.10. The Morgan fingerprint density at radius 1 is 1.38 bits per heavy atom. The fraction of sp³-hybridized carbons (Fsp3) is 0.538. The molecule has 1 unspecified atom stereocenters. The third-order valence-electron chi connectivity index (χ3n) is 3.78. The van der Waals surface area contributed by atoms with Gasteiger partial charge in [0.1, 0.15) is 5.75 Å². The van der Waals surface area contributed by atoms with Crippen molar-refractivity contribution < 1.29 is 4.74 Å². The number of nitrogens with two attached hydrogens (primary N) is 1. The zero-order chi connectivity index (χ0) is 11.3. The number of rotatable bonds is 0. The van der Waals surface area contributed by atoms with Gasteiger partial charge in [0.25, 0.3) is 0 Å². The Balaban J connectivity index is 2.27. The lowest BCUT2D eigenvalue weighted by atomic mass is 9.80. The van der Waals surface area contributed by atoms with Crippen molar-refractivity contribution in [1.82, 2.24) is 0 Å². The molecule has 2 nitrogen and oxygen atoms in total. The van der Waals surface area contributed by atoms with E-state index in [4.69, 9.17) is 10.5 Å². The normalized spacial score (nSPS) is 27.2. The van der Waals surface area contributed by atoms with Gasteiger partial charge in [-0.1, -0.05) is 22.9 Å². The number of hydrogen-bond acceptors (Lipinski definition) is 2. The van der Waals surface area contributed by atoms with Crippen molar-refractivity contribution in [2.24, 2.45) is 5.73 Å². The molecule has 0 radical (unpaired) electrons. The highest BCUT2D eigenvalue weighted by atomic mass is 79.9. The lowest BCUT2D eigenvalue weighted by Gasteiger charge is -2.30. The van der Waals surface area contributed by atoms with Gasteiger partial charge in [0, 0.05) is 22.5 Å². The summed E-state index contributed by atoms with van der Waals surface area (Å²) in [5, 5.41) is 0. The Hall–Kier alpha value is -0.540. The lowest BCUT2D eigenvalue weighted by Crippen LogP contribution is -2.20. The van der Waals surface area contributed by atoms with Crippen LogP contribution in [0.2, 0.25) is 0 Å². The van der Waals surface area contributed by atoms with E-state index in [1.165, 1.54) is 27.6 Å². The summed E-state index contributed by atoms with van der Waals surface area (Å²) in [4.78, 5) is 0. The van der Waals surface area contributed by atoms with Gasteiger partial charge in [-0.2, -0.15) is 0 Å². The van der Waals surface area contributed by atoms with Gasteiger partial charge in [-0.25, -0.2) is 0 Å². The van der Waals surface area contributed by atoms with E-state index >= 15 is 0 Å². The largest absolute Gasteiger partial charge is 0.493 e. The van der Waals surface area contributed by atoms with Crippen LogP contribution >= 0.6 is 15.9 Å². The van der Waals surface area contributed by atoms with E-state index < -0.39 is 0 Å². The van der Waals surface area contributed by atoms with Crippen LogP contribution in [0.5, 0.6) is 5.75 Å². The molecule has 0 bridgehead atoms. The molecule has 0 aromatic heterocycles. The number of fused-ring (bicyclic) bond motifs is 3. The maximum Gasteiger partial charge on any atom is 0.126 e. The second kappa shape index (κ2) is 3.74. The molecule has 0 saturated carbocycles. The van der Waals surface area contributed by atoms with Crippen molar-refractivity contribution in [2.75, 3.05) is 6.61 Å². The Bertz CT molecular complexity index is 444. The third kappa shape index (κ3) is 1.41. The first kappa shape index (κ1) is 10.6. The fourth-order valence-corrected chi connectivity index (χ4v) is 3.71. The predicted molar refractivity (Wildman–Crippen MR) is 67.9 cm³/mol. The summed E-state index contributed by atoms with van der Waals surface area (Å²) in [6, 6.07) is 2.36. The van der Waals surface area contributed by atoms with Crippen LogP contribution in [0.15, 0.2) is 10.5 Å². The van der Waals surface area contributed by atoms with Gasteiger partial charge in [-0.05, 0) is 36.0 Å². The number of ether oxygens (including phenoxy) is 1. The fourth-order valence-electron chi connectivity index (χ4n) is 2.92. The van der Waals surface area contributed by atoms with Crippen molar-refractivity contribution >= 4 is 15.9 Å². The van der Waals surface area contributed by atoms with E-state index in [1.54, 1.807) is 0 Å². The maximum atomic E-state index is 6.22. The SMILES string of the molecule is CC1CC[C@H](N)c2c(Br)cc3c(c21)OCC3. The molecule has 1 aromatic rings. The molecule has 1 aliphatic carbocycles. The molecular formula is C13H16BrNO. The van der Waals surface area contributed by atoms with Crippen molar-refractivity contribution in [3.63, 3.8) is 0 Å². The van der Waals surface area contributed by atoms with Crippen LogP contribution < -0.4 is 10.5 Å². The summed E-state index contributed by atoms with van der Waals surface area (Å²) in [6.07, 6.45) is 3.27. The van der Waals surface area contributed by atoms with Crippen molar-refractivity contribution in [3.8, 4) is 5.75 Å². The summed E-state index contributed by atoms with van der Waals surface area (Å²) in [7, 11) is 0. The zero-order valence-corrected chi connectivity index (χ0v) is 11.0. The minimum absolute atomic E-state index is 0.162. The van der Waals surface area contributed by atoms with Crippen molar-refractivity contribution in [1.29, 1.82) is 0 Å². The molecule has 1 aromatic carbocycles. The van der Waals surface area contributed by atoms with Gasteiger partial charge in [-0.3, -0.25) is 0 Å². The predicted octanol–water partition coefficient (Wildman–Crippen LogP) is 3.28. The van der Waals surface area contributed by atoms with E-state index in [0.717, 1.165) is 25.2 Å². The monoisotopic (exact) mass is 281 g/mol. The molecule has 0 amide bonds. The molecule has 3 rings (SSSR count).